The van der Waals surface area contributed by atoms with E-state index in [0.717, 1.165) is 0 Å². The van der Waals surface area contributed by atoms with Gasteiger partial charge < -0.3 is 18.3 Å². The van der Waals surface area contributed by atoms with Crippen molar-refractivity contribution in [3.05, 3.63) is 376 Å². The van der Waals surface area contributed by atoms with Crippen molar-refractivity contribution < 1.29 is 0 Å². The zero-order valence-electron chi connectivity index (χ0n) is 58.8. The topological polar surface area (TPSA) is 19.7 Å². The Labute approximate surface area is 638 Å². The number of fused-ring (bicyclic) bond motifs is 21. The van der Waals surface area contributed by atoms with Crippen molar-refractivity contribution in [1.82, 2.24) is 18.3 Å². The zero-order valence-corrected chi connectivity index (χ0v) is 61.3. The lowest BCUT2D eigenvalue weighted by Crippen LogP contribution is -1.95. The van der Waals surface area contributed by atoms with Gasteiger partial charge in [-0.1, -0.05) is 212 Å². The number of thiophene rings is 3. The van der Waals surface area contributed by atoms with E-state index in [1.54, 1.807) is 0 Å². The molecule has 109 heavy (non-hydrogen) atoms. The standard InChI is InChI=1S/C54H32N2S2.C48H30N2S/c1-2-12-36(13-3-1)55-47-18-8-4-14-38(47)43-28-33(22-25-49(43)55)34-23-26-50-44(29-34)39-15-5-9-19-48(39)56(50)37-31-42(54-46(32-37)41-17-7-11-21-52(41)58-54)35-24-27-53-45(30-35)40-16-6-10-20-51(40)57-53;1-3-11-31(12-4-1)32-21-25-47-41(29-32)42-30-36(22-26-48(42)51-47)50-44-18-10-8-16-38(44)40-28-34(20-24-46(40)50)33-19-23-45-39(27-33)37-15-7-9-17-43(37)49(45)35-13-5-2-6-14-35/h1-32H;1-30H. The van der Waals surface area contributed by atoms with Gasteiger partial charge in [0.1, 0.15) is 0 Å². The Morgan fingerprint density at radius 1 is 0.147 bits per heavy atom. The summed E-state index contributed by atoms with van der Waals surface area (Å²) in [6.07, 6.45) is 0. The molecular formula is C102H62N4S3. The van der Waals surface area contributed by atoms with E-state index >= 15 is 0 Å². The van der Waals surface area contributed by atoms with Crippen LogP contribution in [0.2, 0.25) is 0 Å². The maximum atomic E-state index is 2.49. The average Bonchev–Trinajstić information content (AvgIpc) is 1.59. The maximum Gasteiger partial charge on any atom is 0.0541 e. The largest absolute Gasteiger partial charge is 0.309 e. The van der Waals surface area contributed by atoms with Crippen molar-refractivity contribution in [3.63, 3.8) is 0 Å². The number of hydrogen-bond donors (Lipinski definition) is 0. The highest BCUT2D eigenvalue weighted by Gasteiger charge is 2.23. The Bertz CT molecular complexity index is 7850. The van der Waals surface area contributed by atoms with Crippen LogP contribution in [0.5, 0.6) is 0 Å². The molecule has 17 aromatic carbocycles. The van der Waals surface area contributed by atoms with E-state index in [9.17, 15) is 0 Å². The minimum atomic E-state index is 1.17. The normalized spacial score (nSPS) is 12.0. The van der Waals surface area contributed by atoms with Crippen LogP contribution in [-0.2, 0) is 0 Å². The summed E-state index contributed by atoms with van der Waals surface area (Å²) in [5, 5.41) is 18.0. The number of benzene rings is 17. The fraction of sp³-hybridized carbons (Fsp3) is 0. The van der Waals surface area contributed by atoms with Crippen LogP contribution in [0.25, 0.3) is 215 Å². The summed E-state index contributed by atoms with van der Waals surface area (Å²) < 4.78 is 17.6. The van der Waals surface area contributed by atoms with Gasteiger partial charge in [-0.05, 0) is 203 Å². The molecule has 508 valence electrons. The van der Waals surface area contributed by atoms with Crippen LogP contribution in [-0.4, -0.2) is 18.3 Å². The summed E-state index contributed by atoms with van der Waals surface area (Å²) in [4.78, 5) is 0. The van der Waals surface area contributed by atoms with Crippen molar-refractivity contribution in [2.24, 2.45) is 0 Å². The van der Waals surface area contributed by atoms with Crippen LogP contribution in [0.1, 0.15) is 0 Å². The molecule has 7 aromatic heterocycles. The van der Waals surface area contributed by atoms with Gasteiger partial charge in [0.2, 0.25) is 0 Å². The first-order chi connectivity index (χ1) is 54.0. The highest BCUT2D eigenvalue weighted by atomic mass is 32.1. The van der Waals surface area contributed by atoms with E-state index in [2.05, 4.69) is 394 Å². The number of rotatable bonds is 8. The van der Waals surface area contributed by atoms with Crippen LogP contribution in [0.3, 0.4) is 0 Å². The molecule has 0 unspecified atom stereocenters. The Balaban J connectivity index is 0.000000132. The van der Waals surface area contributed by atoms with Gasteiger partial charge in [0, 0.05) is 132 Å². The summed E-state index contributed by atoms with van der Waals surface area (Å²) in [7, 11) is 0. The Hall–Kier alpha value is -13.4. The summed E-state index contributed by atoms with van der Waals surface area (Å²) in [5.41, 5.74) is 24.3. The molecule has 0 amide bonds. The van der Waals surface area contributed by atoms with Gasteiger partial charge in [0.05, 0.1) is 44.1 Å². The van der Waals surface area contributed by atoms with Crippen LogP contribution < -0.4 is 0 Å². The number of nitrogens with zero attached hydrogens (tertiary/aromatic N) is 4. The summed E-state index contributed by atoms with van der Waals surface area (Å²) in [6.45, 7) is 0. The molecule has 7 heteroatoms. The maximum absolute atomic E-state index is 2.49. The summed E-state index contributed by atoms with van der Waals surface area (Å²) in [5.74, 6) is 0. The number of aromatic nitrogens is 4. The first-order valence-electron chi connectivity index (χ1n) is 37.2. The van der Waals surface area contributed by atoms with Crippen LogP contribution in [0, 0.1) is 0 Å². The van der Waals surface area contributed by atoms with Crippen LogP contribution in [0.4, 0.5) is 0 Å². The lowest BCUT2D eigenvalue weighted by Gasteiger charge is -2.13. The Kier molecular flexibility index (Phi) is 14.0. The fourth-order valence-electron chi connectivity index (χ4n) is 17.6. The van der Waals surface area contributed by atoms with Crippen molar-refractivity contribution in [3.8, 4) is 67.3 Å². The van der Waals surface area contributed by atoms with Gasteiger partial charge in [0.15, 0.2) is 0 Å². The van der Waals surface area contributed by atoms with Gasteiger partial charge in [-0.25, -0.2) is 0 Å². The smallest absolute Gasteiger partial charge is 0.0541 e. The minimum Gasteiger partial charge on any atom is -0.309 e. The molecule has 0 N–H and O–H groups in total. The number of para-hydroxylation sites is 6. The molecule has 24 rings (SSSR count). The second-order valence-electron chi connectivity index (χ2n) is 28.6. The van der Waals surface area contributed by atoms with Crippen molar-refractivity contribution in [2.75, 3.05) is 0 Å². The molecule has 0 saturated heterocycles. The molecule has 0 fully saturated rings. The van der Waals surface area contributed by atoms with Gasteiger partial charge in [-0.15, -0.1) is 34.0 Å². The predicted molar refractivity (Wildman–Crippen MR) is 471 cm³/mol. The monoisotopic (exact) mass is 1440 g/mol. The zero-order chi connectivity index (χ0) is 71.4. The van der Waals surface area contributed by atoms with Crippen molar-refractivity contribution in [1.29, 1.82) is 0 Å². The highest BCUT2D eigenvalue weighted by Crippen LogP contribution is 2.48. The molecule has 0 spiro atoms. The summed E-state index contributed by atoms with van der Waals surface area (Å²) in [6, 6.07) is 139. The van der Waals surface area contributed by atoms with E-state index in [-0.39, 0.29) is 0 Å². The average molecular weight is 1440 g/mol. The molecule has 4 nitrogen and oxygen atoms in total. The third-order valence-corrected chi connectivity index (χ3v) is 26.1. The third kappa shape index (κ3) is 9.81. The van der Waals surface area contributed by atoms with Gasteiger partial charge in [-0.3, -0.25) is 0 Å². The first-order valence-corrected chi connectivity index (χ1v) is 39.6. The molecule has 24 aromatic rings. The molecular weight excluding hydrogens is 1380 g/mol. The van der Waals surface area contributed by atoms with Crippen LogP contribution >= 0.6 is 34.0 Å². The number of hydrogen-bond acceptors (Lipinski definition) is 3. The Morgan fingerprint density at radius 2 is 0.440 bits per heavy atom. The Morgan fingerprint density at radius 3 is 0.917 bits per heavy atom. The first kappa shape index (κ1) is 61.9. The van der Waals surface area contributed by atoms with Crippen molar-refractivity contribution >= 4 is 182 Å². The molecule has 7 heterocycles. The molecule has 0 aliphatic heterocycles. The van der Waals surface area contributed by atoms with Gasteiger partial charge >= 0.3 is 0 Å². The lowest BCUT2D eigenvalue weighted by molar-refractivity contribution is 1.18. The predicted octanol–water partition coefficient (Wildman–Crippen LogP) is 29.5. The third-order valence-electron chi connectivity index (χ3n) is 22.6. The van der Waals surface area contributed by atoms with Gasteiger partial charge in [-0.2, -0.15) is 0 Å². The van der Waals surface area contributed by atoms with E-state index in [0.29, 0.717) is 0 Å². The highest BCUT2D eigenvalue weighted by molar-refractivity contribution is 7.27. The summed E-state index contributed by atoms with van der Waals surface area (Å²) >= 11 is 5.64. The lowest BCUT2D eigenvalue weighted by atomic mass is 9.99. The fourth-order valence-corrected chi connectivity index (χ4v) is 21.0. The molecule has 0 radical (unpaired) electrons. The van der Waals surface area contributed by atoms with Crippen LogP contribution in [0.15, 0.2) is 376 Å². The minimum absolute atomic E-state index is 1.17. The SMILES string of the molecule is c1ccc(-c2ccc3sc4ccc(-n5c6ccccc6c6cc(-c7ccc8c(c7)c7ccccc7n8-c7ccccc7)ccc65)cc4c3c2)cc1.c1ccc(-n2c3ccccc3c3cc(-c4ccc5c(c4)c4ccccc4n5-c4cc(-c5ccc6sc7ccccc7c6c5)c5sc6ccccc6c5c4)ccc32)cc1. The van der Waals surface area contributed by atoms with E-state index < -0.39 is 0 Å². The quantitative estimate of drug-likeness (QED) is 0.144. The van der Waals surface area contributed by atoms with E-state index in [4.69, 9.17) is 0 Å². The molecule has 0 aliphatic rings. The molecule has 0 atom stereocenters. The van der Waals surface area contributed by atoms with E-state index in [1.165, 1.54) is 215 Å². The van der Waals surface area contributed by atoms with Gasteiger partial charge in [0.25, 0.3) is 0 Å². The molecule has 0 aliphatic carbocycles. The van der Waals surface area contributed by atoms with Crippen molar-refractivity contribution in [2.45, 2.75) is 0 Å². The molecule has 0 bridgehead atoms. The molecule has 0 saturated carbocycles. The second-order valence-corrected chi connectivity index (χ2v) is 31.9. The van der Waals surface area contributed by atoms with E-state index in [1.807, 2.05) is 34.0 Å². The second kappa shape index (κ2) is 24.6.